The summed E-state index contributed by atoms with van der Waals surface area (Å²) in [6, 6.07) is 0. The van der Waals surface area contributed by atoms with E-state index in [2.05, 4.69) is 23.8 Å². The van der Waals surface area contributed by atoms with Crippen LogP contribution in [0.25, 0.3) is 0 Å². The Labute approximate surface area is 111 Å². The molecule has 3 nitrogen and oxygen atoms in total. The molecule has 3 N–H and O–H groups in total. The average Bonchev–Trinajstić information content (AvgIpc) is 2.25. The van der Waals surface area contributed by atoms with Crippen molar-refractivity contribution in [2.45, 2.75) is 0 Å². The molecule has 0 saturated heterocycles. The molecule has 0 atom stereocenters. The fourth-order valence-corrected chi connectivity index (χ4v) is 1.41. The summed E-state index contributed by atoms with van der Waals surface area (Å²) >= 11 is 16.6. The van der Waals surface area contributed by atoms with Crippen molar-refractivity contribution < 1.29 is 5.11 Å². The summed E-state index contributed by atoms with van der Waals surface area (Å²) in [6.45, 7) is 7.89. The molecular weight excluding hydrogens is 267 g/mol. The van der Waals surface area contributed by atoms with Crippen molar-refractivity contribution in [1.29, 1.82) is 0 Å². The van der Waals surface area contributed by atoms with Crippen molar-refractivity contribution >= 4 is 40.5 Å². The monoisotopic (exact) mass is 280 g/mol. The molecule has 0 aliphatic heterocycles. The van der Waals surface area contributed by atoms with Crippen LogP contribution in [0, 0.1) is 0 Å². The molecule has 0 aromatic rings. The molecule has 90 valence electrons. The molecule has 16 heavy (non-hydrogen) atoms. The van der Waals surface area contributed by atoms with Crippen molar-refractivity contribution in [1.82, 2.24) is 10.6 Å². The Kier molecular flexibility index (Phi) is 8.29. The Hall–Kier alpha value is -0.550. The number of thiocarbonyl (C=S) groups is 1. The van der Waals surface area contributed by atoms with Crippen molar-refractivity contribution in [3.8, 4) is 0 Å². The fourth-order valence-electron chi connectivity index (χ4n) is 0.834. The summed E-state index contributed by atoms with van der Waals surface area (Å²) in [6.07, 6.45) is 1.48. The first-order valence-corrected chi connectivity index (χ1v) is 5.67. The number of hydrogen-bond acceptors (Lipinski definition) is 2. The number of halogens is 2. The van der Waals surface area contributed by atoms with Crippen LogP contribution >= 0.6 is 35.4 Å². The van der Waals surface area contributed by atoms with Gasteiger partial charge >= 0.3 is 0 Å². The maximum atomic E-state index is 8.58. The summed E-state index contributed by atoms with van der Waals surface area (Å²) in [5.74, 6) is 0. The molecule has 0 saturated carbocycles. The van der Waals surface area contributed by atoms with E-state index in [9.17, 15) is 0 Å². The van der Waals surface area contributed by atoms with E-state index < -0.39 is 0 Å². The Balaban J connectivity index is 4.30. The van der Waals surface area contributed by atoms with Crippen LogP contribution in [0.3, 0.4) is 0 Å². The lowest BCUT2D eigenvalue weighted by Crippen LogP contribution is -2.37. The van der Waals surface area contributed by atoms with Crippen LogP contribution in [0.4, 0.5) is 0 Å². The van der Waals surface area contributed by atoms with Gasteiger partial charge in [-0.2, -0.15) is 0 Å². The van der Waals surface area contributed by atoms with Crippen LogP contribution in [0.2, 0.25) is 0 Å². The third kappa shape index (κ3) is 6.12. The predicted octanol–water partition coefficient (Wildman–Crippen LogP) is 1.87. The highest BCUT2D eigenvalue weighted by atomic mass is 35.5. The molecule has 0 rings (SSSR count). The number of aliphatic hydroxyl groups excluding tert-OH is 1. The van der Waals surface area contributed by atoms with E-state index in [4.69, 9.17) is 40.5 Å². The Bertz CT molecular complexity index is 316. The van der Waals surface area contributed by atoms with Gasteiger partial charge in [-0.15, -0.1) is 0 Å². The minimum Gasteiger partial charge on any atom is -0.395 e. The zero-order valence-corrected chi connectivity index (χ0v) is 11.1. The molecule has 0 aromatic heterocycles. The minimum absolute atomic E-state index is 0.0140. The topological polar surface area (TPSA) is 44.3 Å². The van der Waals surface area contributed by atoms with Crippen LogP contribution in [-0.4, -0.2) is 29.9 Å². The van der Waals surface area contributed by atoms with Crippen molar-refractivity contribution in [2.24, 2.45) is 0 Å². The number of nitrogens with one attached hydrogen (secondary N) is 2. The fraction of sp³-hybridized carbons (Fsp3) is 0.300. The van der Waals surface area contributed by atoms with E-state index in [1.165, 1.54) is 6.08 Å². The third-order valence-electron chi connectivity index (χ3n) is 1.62. The predicted molar refractivity (Wildman–Crippen MR) is 73.8 cm³/mol. The molecule has 0 radical (unpaired) electrons. The summed E-state index contributed by atoms with van der Waals surface area (Å²) in [7, 11) is 0. The average molecular weight is 281 g/mol. The molecule has 6 heteroatoms. The van der Waals surface area contributed by atoms with Gasteiger partial charge in [-0.1, -0.05) is 42.4 Å². The lowest BCUT2D eigenvalue weighted by Gasteiger charge is -2.12. The molecule has 0 fully saturated rings. The highest BCUT2D eigenvalue weighted by Crippen LogP contribution is 2.19. The first kappa shape index (κ1) is 15.4. The van der Waals surface area contributed by atoms with Crippen LogP contribution in [0.15, 0.2) is 34.9 Å². The number of aliphatic hydroxyl groups is 1. The second-order valence-electron chi connectivity index (χ2n) is 2.77. The van der Waals surface area contributed by atoms with Gasteiger partial charge in [0.25, 0.3) is 0 Å². The van der Waals surface area contributed by atoms with Gasteiger partial charge in [0.2, 0.25) is 0 Å². The number of rotatable bonds is 6. The molecular formula is C10H14Cl2N2OS. The Morgan fingerprint density at radius 3 is 2.44 bits per heavy atom. The lowest BCUT2D eigenvalue weighted by atomic mass is 10.2. The first-order chi connectivity index (χ1) is 7.52. The second-order valence-corrected chi connectivity index (χ2v) is 4.04. The summed E-state index contributed by atoms with van der Waals surface area (Å²) < 4.78 is 0. The van der Waals surface area contributed by atoms with Crippen molar-refractivity contribution in [2.75, 3.05) is 19.7 Å². The van der Waals surface area contributed by atoms with Gasteiger partial charge in [-0.3, -0.25) is 0 Å². The first-order valence-electron chi connectivity index (χ1n) is 4.51. The maximum Gasteiger partial charge on any atom is 0.166 e. The van der Waals surface area contributed by atoms with Crippen LogP contribution < -0.4 is 10.6 Å². The third-order valence-corrected chi connectivity index (χ3v) is 2.52. The zero-order valence-electron chi connectivity index (χ0n) is 8.72. The van der Waals surface area contributed by atoms with E-state index in [0.29, 0.717) is 33.8 Å². The maximum absolute atomic E-state index is 8.58. The van der Waals surface area contributed by atoms with Gasteiger partial charge in [0.15, 0.2) is 5.11 Å². The van der Waals surface area contributed by atoms with Gasteiger partial charge in [0.05, 0.1) is 6.61 Å². The molecule has 0 aromatic carbocycles. The highest BCUT2D eigenvalue weighted by molar-refractivity contribution is 7.80. The standard InChI is InChI=1S/C10H14Cl2N2OS/c1-3-9(12)8(7(2)11)6-14-10(16)13-4-5-15/h3,15H,1-2,4-6H2,(H2,13,14,16)/b9-8+. The van der Waals surface area contributed by atoms with E-state index in [0.717, 1.165) is 0 Å². The van der Waals surface area contributed by atoms with Gasteiger partial charge in [0.1, 0.15) is 0 Å². The lowest BCUT2D eigenvalue weighted by molar-refractivity contribution is 0.300. The minimum atomic E-state index is 0.0140. The summed E-state index contributed by atoms with van der Waals surface area (Å²) in [4.78, 5) is 0. The van der Waals surface area contributed by atoms with E-state index in [-0.39, 0.29) is 6.61 Å². The van der Waals surface area contributed by atoms with E-state index in [1.807, 2.05) is 0 Å². The Morgan fingerprint density at radius 1 is 1.38 bits per heavy atom. The quantitative estimate of drug-likeness (QED) is 0.514. The van der Waals surface area contributed by atoms with Crippen LogP contribution in [0.5, 0.6) is 0 Å². The number of hydrogen-bond donors (Lipinski definition) is 3. The molecule has 0 aliphatic carbocycles. The van der Waals surface area contributed by atoms with Crippen LogP contribution in [0.1, 0.15) is 0 Å². The van der Waals surface area contributed by atoms with Crippen molar-refractivity contribution in [3.63, 3.8) is 0 Å². The normalized spacial score (nSPS) is 11.4. The summed E-state index contributed by atoms with van der Waals surface area (Å²) in [5.41, 5.74) is 0.631. The highest BCUT2D eigenvalue weighted by Gasteiger charge is 2.05. The Morgan fingerprint density at radius 2 is 2.00 bits per heavy atom. The van der Waals surface area contributed by atoms with Crippen LogP contribution in [-0.2, 0) is 0 Å². The van der Waals surface area contributed by atoms with Gasteiger partial charge in [-0.25, -0.2) is 0 Å². The van der Waals surface area contributed by atoms with Gasteiger partial charge < -0.3 is 15.7 Å². The van der Waals surface area contributed by atoms with E-state index >= 15 is 0 Å². The SMILES string of the molecule is C=C/C(Cl)=C(/CNC(=S)NCCO)C(=C)Cl. The molecule has 0 bridgehead atoms. The van der Waals surface area contributed by atoms with Gasteiger partial charge in [-0.05, 0) is 12.2 Å². The van der Waals surface area contributed by atoms with Gasteiger partial charge in [0, 0.05) is 28.7 Å². The molecule has 0 amide bonds. The largest absolute Gasteiger partial charge is 0.395 e. The zero-order chi connectivity index (χ0) is 12.6. The molecule has 0 spiro atoms. The molecule has 0 aliphatic rings. The van der Waals surface area contributed by atoms with Crippen molar-refractivity contribution in [3.05, 3.63) is 34.9 Å². The number of allylic oxidation sites excluding steroid dienone is 2. The summed E-state index contributed by atoms with van der Waals surface area (Å²) in [5, 5.41) is 15.4. The molecule has 0 heterocycles. The smallest absolute Gasteiger partial charge is 0.166 e. The van der Waals surface area contributed by atoms with E-state index in [1.54, 1.807) is 0 Å². The second kappa shape index (κ2) is 8.58. The molecule has 0 unspecified atom stereocenters.